The fourth-order valence-corrected chi connectivity index (χ4v) is 4.60. The molecule has 0 bridgehead atoms. The van der Waals surface area contributed by atoms with Gasteiger partial charge in [-0.25, -0.2) is 18.2 Å². The van der Waals surface area contributed by atoms with Crippen molar-refractivity contribution in [3.63, 3.8) is 0 Å². The Bertz CT molecular complexity index is 751. The molecule has 1 unspecified atom stereocenters. The second kappa shape index (κ2) is 8.14. The summed E-state index contributed by atoms with van der Waals surface area (Å²) in [4.78, 5) is 29.8. The SMILES string of the molecule is CC(C)CN(C(=O)COC(=O)c1ccnc(Cl)c1)C1CCS(=O)(=O)C1. The Morgan fingerprint density at radius 2 is 2.16 bits per heavy atom. The number of halogens is 1. The van der Waals surface area contributed by atoms with Crippen molar-refractivity contribution < 1.29 is 22.7 Å². The summed E-state index contributed by atoms with van der Waals surface area (Å²) in [5.74, 6) is -0.874. The van der Waals surface area contributed by atoms with Gasteiger partial charge in [0.2, 0.25) is 0 Å². The summed E-state index contributed by atoms with van der Waals surface area (Å²) in [7, 11) is -3.11. The lowest BCUT2D eigenvalue weighted by molar-refractivity contribution is -0.137. The summed E-state index contributed by atoms with van der Waals surface area (Å²) >= 11 is 5.72. The first-order valence-electron chi connectivity index (χ1n) is 7.96. The van der Waals surface area contributed by atoms with Crippen molar-refractivity contribution in [2.45, 2.75) is 26.3 Å². The molecule has 1 aliphatic rings. The summed E-state index contributed by atoms with van der Waals surface area (Å²) in [5.41, 5.74) is 0.201. The minimum Gasteiger partial charge on any atom is -0.452 e. The largest absolute Gasteiger partial charge is 0.452 e. The average Bonchev–Trinajstić information content (AvgIpc) is 2.89. The summed E-state index contributed by atoms with van der Waals surface area (Å²) in [6, 6.07) is 2.42. The minimum atomic E-state index is -3.11. The van der Waals surface area contributed by atoms with Crippen LogP contribution in [0.25, 0.3) is 0 Å². The van der Waals surface area contributed by atoms with Gasteiger partial charge in [0.25, 0.3) is 5.91 Å². The van der Waals surface area contributed by atoms with Crippen molar-refractivity contribution in [1.29, 1.82) is 0 Å². The molecule has 138 valence electrons. The fraction of sp³-hybridized carbons (Fsp3) is 0.562. The van der Waals surface area contributed by atoms with Gasteiger partial charge in [-0.2, -0.15) is 0 Å². The zero-order valence-corrected chi connectivity index (χ0v) is 15.7. The molecule has 2 rings (SSSR count). The van der Waals surface area contributed by atoms with Gasteiger partial charge in [-0.1, -0.05) is 25.4 Å². The first-order valence-corrected chi connectivity index (χ1v) is 10.2. The van der Waals surface area contributed by atoms with E-state index in [1.807, 2.05) is 13.8 Å². The van der Waals surface area contributed by atoms with Crippen LogP contribution in [0.4, 0.5) is 0 Å². The highest BCUT2D eigenvalue weighted by atomic mass is 35.5. The lowest BCUT2D eigenvalue weighted by Crippen LogP contribution is -2.45. The third kappa shape index (κ3) is 5.67. The zero-order chi connectivity index (χ0) is 18.6. The molecule has 7 nitrogen and oxygen atoms in total. The van der Waals surface area contributed by atoms with E-state index in [-0.39, 0.29) is 34.2 Å². The zero-order valence-electron chi connectivity index (χ0n) is 14.1. The van der Waals surface area contributed by atoms with E-state index >= 15 is 0 Å². The fourth-order valence-electron chi connectivity index (χ4n) is 2.69. The Kier molecular flexibility index (Phi) is 6.40. The van der Waals surface area contributed by atoms with Crippen LogP contribution in [0.2, 0.25) is 5.15 Å². The van der Waals surface area contributed by atoms with E-state index in [1.54, 1.807) is 0 Å². The normalized spacial score (nSPS) is 19.0. The lowest BCUT2D eigenvalue weighted by atomic mass is 10.1. The van der Waals surface area contributed by atoms with Gasteiger partial charge in [-0.05, 0) is 24.5 Å². The van der Waals surface area contributed by atoms with Crippen molar-refractivity contribution in [3.8, 4) is 0 Å². The maximum Gasteiger partial charge on any atom is 0.338 e. The molecule has 0 spiro atoms. The molecule has 0 saturated carbocycles. The highest BCUT2D eigenvalue weighted by molar-refractivity contribution is 7.91. The molecule has 1 aromatic heterocycles. The maximum absolute atomic E-state index is 12.5. The molecule has 1 aromatic rings. The van der Waals surface area contributed by atoms with Crippen LogP contribution in [0.15, 0.2) is 18.3 Å². The number of hydrogen-bond donors (Lipinski definition) is 0. The lowest BCUT2D eigenvalue weighted by Gasteiger charge is -2.29. The summed E-state index contributed by atoms with van der Waals surface area (Å²) in [5, 5.41) is 0.151. The Morgan fingerprint density at radius 1 is 1.44 bits per heavy atom. The Morgan fingerprint density at radius 3 is 2.72 bits per heavy atom. The van der Waals surface area contributed by atoms with E-state index < -0.39 is 28.3 Å². The molecule has 25 heavy (non-hydrogen) atoms. The topological polar surface area (TPSA) is 93.6 Å². The molecule has 0 aliphatic carbocycles. The van der Waals surface area contributed by atoms with Crippen molar-refractivity contribution in [1.82, 2.24) is 9.88 Å². The summed E-state index contributed by atoms with van der Waals surface area (Å²) < 4.78 is 28.4. The number of carbonyl (C=O) groups excluding carboxylic acids is 2. The van der Waals surface area contributed by atoms with Crippen molar-refractivity contribution in [3.05, 3.63) is 29.0 Å². The van der Waals surface area contributed by atoms with Crippen molar-refractivity contribution >= 4 is 33.3 Å². The van der Waals surface area contributed by atoms with Crippen LogP contribution in [-0.4, -0.2) is 60.9 Å². The number of esters is 1. The number of sulfone groups is 1. The third-order valence-corrected chi connectivity index (χ3v) is 5.78. The summed E-state index contributed by atoms with van der Waals surface area (Å²) in [6.45, 7) is 3.85. The van der Waals surface area contributed by atoms with E-state index in [0.717, 1.165) is 0 Å². The molecule has 0 aromatic carbocycles. The molecule has 1 atom stereocenters. The number of aromatic nitrogens is 1. The molecular formula is C16H21ClN2O5S. The Hall–Kier alpha value is -1.67. The molecule has 9 heteroatoms. The molecule has 0 N–H and O–H groups in total. The van der Waals surface area contributed by atoms with Gasteiger partial charge in [-0.15, -0.1) is 0 Å². The van der Waals surface area contributed by atoms with Crippen LogP contribution in [0.1, 0.15) is 30.6 Å². The Balaban J connectivity index is 2.01. The van der Waals surface area contributed by atoms with Gasteiger partial charge in [0, 0.05) is 18.8 Å². The van der Waals surface area contributed by atoms with E-state index in [4.69, 9.17) is 16.3 Å². The number of carbonyl (C=O) groups is 2. The number of amides is 1. The van der Waals surface area contributed by atoms with Gasteiger partial charge < -0.3 is 9.64 Å². The number of rotatable bonds is 6. The first kappa shape index (κ1) is 19.7. The van der Waals surface area contributed by atoms with Gasteiger partial charge in [-0.3, -0.25) is 4.79 Å². The van der Waals surface area contributed by atoms with Gasteiger partial charge >= 0.3 is 5.97 Å². The predicted octanol–water partition coefficient (Wildman–Crippen LogP) is 1.56. The number of hydrogen-bond acceptors (Lipinski definition) is 6. The Labute approximate surface area is 152 Å². The van der Waals surface area contributed by atoms with Gasteiger partial charge in [0.1, 0.15) is 5.15 Å². The van der Waals surface area contributed by atoms with Crippen LogP contribution in [0, 0.1) is 5.92 Å². The molecular weight excluding hydrogens is 368 g/mol. The van der Waals surface area contributed by atoms with Crippen LogP contribution in [0.5, 0.6) is 0 Å². The monoisotopic (exact) mass is 388 g/mol. The third-order valence-electron chi connectivity index (χ3n) is 3.82. The van der Waals surface area contributed by atoms with Crippen molar-refractivity contribution in [2.24, 2.45) is 5.92 Å². The smallest absolute Gasteiger partial charge is 0.338 e. The van der Waals surface area contributed by atoms with E-state index in [9.17, 15) is 18.0 Å². The highest BCUT2D eigenvalue weighted by Crippen LogP contribution is 2.19. The van der Waals surface area contributed by atoms with E-state index in [0.29, 0.717) is 13.0 Å². The molecule has 2 heterocycles. The second-order valence-electron chi connectivity index (χ2n) is 6.44. The predicted molar refractivity (Wildman–Crippen MR) is 93.1 cm³/mol. The van der Waals surface area contributed by atoms with Crippen LogP contribution in [0.3, 0.4) is 0 Å². The van der Waals surface area contributed by atoms with Gasteiger partial charge in [0.15, 0.2) is 16.4 Å². The van der Waals surface area contributed by atoms with Gasteiger partial charge in [0.05, 0.1) is 17.1 Å². The summed E-state index contributed by atoms with van der Waals surface area (Å²) in [6.07, 6.45) is 1.78. The number of nitrogens with zero attached hydrogens (tertiary/aromatic N) is 2. The van der Waals surface area contributed by atoms with E-state index in [1.165, 1.54) is 23.2 Å². The molecule has 1 aliphatic heterocycles. The van der Waals surface area contributed by atoms with Crippen LogP contribution < -0.4 is 0 Å². The molecule has 1 saturated heterocycles. The number of ether oxygens (including phenoxy) is 1. The highest BCUT2D eigenvalue weighted by Gasteiger charge is 2.35. The standard InChI is InChI=1S/C16H21ClN2O5S/c1-11(2)8-19(13-4-6-25(22,23)10-13)15(20)9-24-16(21)12-3-5-18-14(17)7-12/h3,5,7,11,13H,4,6,8-10H2,1-2H3. The average molecular weight is 389 g/mol. The quantitative estimate of drug-likeness (QED) is 0.542. The van der Waals surface area contributed by atoms with Crippen LogP contribution >= 0.6 is 11.6 Å². The number of pyridine rings is 1. The minimum absolute atomic E-state index is 0.0423. The molecule has 0 radical (unpaired) electrons. The van der Waals surface area contributed by atoms with Crippen molar-refractivity contribution in [2.75, 3.05) is 24.7 Å². The first-order chi connectivity index (χ1) is 11.7. The second-order valence-corrected chi connectivity index (χ2v) is 9.06. The van der Waals surface area contributed by atoms with E-state index in [2.05, 4.69) is 4.98 Å². The molecule has 1 fully saturated rings. The molecule has 1 amide bonds. The maximum atomic E-state index is 12.5. The van der Waals surface area contributed by atoms with Crippen LogP contribution in [-0.2, 0) is 19.4 Å².